The fraction of sp³-hybridized carbons (Fsp3) is 0.938. The zero-order valence-electron chi connectivity index (χ0n) is 12.8. The Morgan fingerprint density at radius 3 is 2.35 bits per heavy atom. The quantitative estimate of drug-likeness (QED) is 0.781. The van der Waals surface area contributed by atoms with Crippen LogP contribution in [-0.2, 0) is 4.79 Å². The third-order valence-electron chi connectivity index (χ3n) is 5.08. The lowest BCUT2D eigenvalue weighted by molar-refractivity contribution is -0.123. The summed E-state index contributed by atoms with van der Waals surface area (Å²) in [4.78, 5) is 14.6. The lowest BCUT2D eigenvalue weighted by Gasteiger charge is -2.35. The third kappa shape index (κ3) is 4.74. The van der Waals surface area contributed by atoms with Crippen molar-refractivity contribution in [3.8, 4) is 0 Å². The normalized spacial score (nSPS) is 23.4. The van der Waals surface area contributed by atoms with Gasteiger partial charge in [-0.3, -0.25) is 4.79 Å². The molecule has 3 N–H and O–H groups in total. The first-order chi connectivity index (χ1) is 9.74. The average Bonchev–Trinajstić information content (AvgIpc) is 2.49. The molecule has 1 heterocycles. The van der Waals surface area contributed by atoms with Gasteiger partial charge in [0, 0.05) is 19.5 Å². The lowest BCUT2D eigenvalue weighted by Crippen LogP contribution is -2.41. The van der Waals surface area contributed by atoms with Crippen LogP contribution in [0.2, 0.25) is 0 Å². The van der Waals surface area contributed by atoms with E-state index in [9.17, 15) is 4.79 Å². The topological polar surface area (TPSA) is 58.4 Å². The van der Waals surface area contributed by atoms with Gasteiger partial charge < -0.3 is 16.0 Å². The summed E-state index contributed by atoms with van der Waals surface area (Å²) in [5, 5.41) is 3.10. The minimum absolute atomic E-state index is 0.0907. The Morgan fingerprint density at radius 2 is 1.70 bits per heavy atom. The minimum atomic E-state index is 0.0907. The molecule has 1 aliphatic carbocycles. The van der Waals surface area contributed by atoms with Gasteiger partial charge in [-0.25, -0.2) is 0 Å². The van der Waals surface area contributed by atoms with Gasteiger partial charge in [0.15, 0.2) is 0 Å². The second-order valence-corrected chi connectivity index (χ2v) is 6.69. The van der Waals surface area contributed by atoms with Crippen LogP contribution >= 0.6 is 0 Å². The van der Waals surface area contributed by atoms with Gasteiger partial charge in [0.25, 0.3) is 0 Å². The molecule has 0 radical (unpaired) electrons. The molecule has 4 heteroatoms. The number of hydrogen-bond acceptors (Lipinski definition) is 3. The van der Waals surface area contributed by atoms with Crippen LogP contribution in [0, 0.1) is 5.41 Å². The van der Waals surface area contributed by atoms with Crippen molar-refractivity contribution in [2.24, 2.45) is 11.1 Å². The second kappa shape index (κ2) is 7.99. The van der Waals surface area contributed by atoms with E-state index in [0.29, 0.717) is 13.0 Å². The zero-order valence-corrected chi connectivity index (χ0v) is 12.8. The molecular weight excluding hydrogens is 250 g/mol. The van der Waals surface area contributed by atoms with Gasteiger partial charge in [-0.1, -0.05) is 25.7 Å². The second-order valence-electron chi connectivity index (χ2n) is 6.69. The molecule has 2 fully saturated rings. The van der Waals surface area contributed by atoms with E-state index in [1.165, 1.54) is 51.6 Å². The van der Waals surface area contributed by atoms with Crippen LogP contribution in [0.25, 0.3) is 0 Å². The van der Waals surface area contributed by atoms with Crippen LogP contribution in [0.3, 0.4) is 0 Å². The summed E-state index contributed by atoms with van der Waals surface area (Å²) in [5.41, 5.74) is 6.03. The molecule has 2 aliphatic rings. The van der Waals surface area contributed by atoms with Crippen LogP contribution in [0.5, 0.6) is 0 Å². The van der Waals surface area contributed by atoms with Gasteiger partial charge in [0.1, 0.15) is 0 Å². The average molecular weight is 281 g/mol. The van der Waals surface area contributed by atoms with Crippen LogP contribution in [-0.4, -0.2) is 43.5 Å². The first kappa shape index (κ1) is 15.8. The summed E-state index contributed by atoms with van der Waals surface area (Å²) in [6.07, 6.45) is 10.6. The van der Waals surface area contributed by atoms with Gasteiger partial charge in [0.05, 0.1) is 0 Å². The van der Waals surface area contributed by atoms with Gasteiger partial charge in [-0.05, 0) is 50.7 Å². The first-order valence-corrected chi connectivity index (χ1v) is 8.43. The Kier molecular flexibility index (Phi) is 6.30. The summed E-state index contributed by atoms with van der Waals surface area (Å²) in [5.74, 6) is 0.203. The highest BCUT2D eigenvalue weighted by Crippen LogP contribution is 2.38. The summed E-state index contributed by atoms with van der Waals surface area (Å²) >= 11 is 0. The molecule has 1 saturated heterocycles. The van der Waals surface area contributed by atoms with Crippen molar-refractivity contribution in [2.45, 2.75) is 57.8 Å². The molecule has 2 rings (SSSR count). The van der Waals surface area contributed by atoms with Crippen LogP contribution in [0.4, 0.5) is 0 Å². The highest BCUT2D eigenvalue weighted by Gasteiger charge is 2.32. The molecule has 20 heavy (non-hydrogen) atoms. The van der Waals surface area contributed by atoms with Crippen molar-refractivity contribution in [3.63, 3.8) is 0 Å². The predicted molar refractivity (Wildman–Crippen MR) is 82.5 cm³/mol. The fourth-order valence-corrected chi connectivity index (χ4v) is 3.69. The Bertz CT molecular complexity index is 294. The number of amides is 1. The van der Waals surface area contributed by atoms with E-state index >= 15 is 0 Å². The number of nitrogens with one attached hydrogen (secondary N) is 1. The van der Waals surface area contributed by atoms with E-state index in [1.54, 1.807) is 0 Å². The van der Waals surface area contributed by atoms with Gasteiger partial charge >= 0.3 is 0 Å². The van der Waals surface area contributed by atoms with Crippen molar-refractivity contribution in [1.29, 1.82) is 0 Å². The fourth-order valence-electron chi connectivity index (χ4n) is 3.69. The smallest absolute Gasteiger partial charge is 0.220 e. The number of carbonyl (C=O) groups excluding carboxylic acids is 1. The number of nitrogens with zero attached hydrogens (tertiary/aromatic N) is 1. The van der Waals surface area contributed by atoms with E-state index in [1.807, 2.05) is 0 Å². The van der Waals surface area contributed by atoms with Crippen molar-refractivity contribution < 1.29 is 4.79 Å². The number of hydrogen-bond donors (Lipinski definition) is 2. The molecule has 0 atom stereocenters. The molecule has 0 bridgehead atoms. The summed E-state index contributed by atoms with van der Waals surface area (Å²) in [6.45, 7) is 4.85. The van der Waals surface area contributed by atoms with E-state index in [-0.39, 0.29) is 11.3 Å². The Labute approximate surface area is 123 Å². The van der Waals surface area contributed by atoms with Crippen molar-refractivity contribution in [2.75, 3.05) is 32.7 Å². The minimum Gasteiger partial charge on any atom is -0.355 e. The standard InChI is InChI=1S/C16H31N3O/c17-14-16(7-3-1-4-8-16)13-15(20)18-9-12-19-10-5-2-6-11-19/h1-14,17H2,(H,18,20). The molecule has 1 amide bonds. The lowest BCUT2D eigenvalue weighted by atomic mass is 9.71. The highest BCUT2D eigenvalue weighted by molar-refractivity contribution is 5.76. The largest absolute Gasteiger partial charge is 0.355 e. The van der Waals surface area contributed by atoms with Crippen molar-refractivity contribution in [1.82, 2.24) is 10.2 Å². The number of rotatable bonds is 6. The van der Waals surface area contributed by atoms with Crippen LogP contribution in [0.1, 0.15) is 57.8 Å². The molecule has 0 aromatic heterocycles. The monoisotopic (exact) mass is 281 g/mol. The molecule has 0 aromatic rings. The molecule has 4 nitrogen and oxygen atoms in total. The van der Waals surface area contributed by atoms with E-state index in [0.717, 1.165) is 25.9 Å². The summed E-state index contributed by atoms with van der Waals surface area (Å²) in [6, 6.07) is 0. The predicted octanol–water partition coefficient (Wildman–Crippen LogP) is 1.89. The molecular formula is C16H31N3O. The van der Waals surface area contributed by atoms with Gasteiger partial charge in [-0.2, -0.15) is 0 Å². The molecule has 1 aliphatic heterocycles. The maximum atomic E-state index is 12.1. The molecule has 1 saturated carbocycles. The number of carbonyl (C=O) groups is 1. The molecule has 0 spiro atoms. The van der Waals surface area contributed by atoms with E-state index in [2.05, 4.69) is 10.2 Å². The first-order valence-electron chi connectivity index (χ1n) is 8.43. The number of likely N-dealkylation sites (tertiary alicyclic amines) is 1. The Morgan fingerprint density at radius 1 is 1.05 bits per heavy atom. The molecule has 116 valence electrons. The zero-order chi connectivity index (χ0) is 14.3. The van der Waals surface area contributed by atoms with E-state index in [4.69, 9.17) is 5.73 Å². The number of piperidine rings is 1. The molecule has 0 unspecified atom stereocenters. The van der Waals surface area contributed by atoms with Crippen molar-refractivity contribution >= 4 is 5.91 Å². The van der Waals surface area contributed by atoms with Gasteiger partial charge in [-0.15, -0.1) is 0 Å². The van der Waals surface area contributed by atoms with Crippen molar-refractivity contribution in [3.05, 3.63) is 0 Å². The summed E-state index contributed by atoms with van der Waals surface area (Å²) < 4.78 is 0. The van der Waals surface area contributed by atoms with Crippen LogP contribution in [0.15, 0.2) is 0 Å². The highest BCUT2D eigenvalue weighted by atomic mass is 16.1. The van der Waals surface area contributed by atoms with Crippen LogP contribution < -0.4 is 11.1 Å². The Balaban J connectivity index is 1.66. The third-order valence-corrected chi connectivity index (χ3v) is 5.08. The van der Waals surface area contributed by atoms with Gasteiger partial charge in [0.2, 0.25) is 5.91 Å². The molecule has 0 aromatic carbocycles. The Hall–Kier alpha value is -0.610. The number of nitrogens with two attached hydrogens (primary N) is 1. The SMILES string of the molecule is NCC1(CC(=O)NCCN2CCCCC2)CCCCC1. The maximum Gasteiger partial charge on any atom is 0.220 e. The summed E-state index contributed by atoms with van der Waals surface area (Å²) in [7, 11) is 0. The van der Waals surface area contributed by atoms with E-state index < -0.39 is 0 Å². The maximum absolute atomic E-state index is 12.1.